The second kappa shape index (κ2) is 8.31. The molecule has 0 saturated heterocycles. The average Bonchev–Trinajstić information content (AvgIpc) is 2.72. The highest BCUT2D eigenvalue weighted by molar-refractivity contribution is 7.78. The summed E-state index contributed by atoms with van der Waals surface area (Å²) in [5, 5.41) is 0.999. The van der Waals surface area contributed by atoms with Gasteiger partial charge in [0, 0.05) is 16.8 Å². The van der Waals surface area contributed by atoms with Gasteiger partial charge in [-0.3, -0.25) is 0 Å². The van der Waals surface area contributed by atoms with Gasteiger partial charge in [0.2, 0.25) is 0 Å². The molecule has 3 aromatic rings. The molecule has 0 saturated carbocycles. The molecule has 3 rings (SSSR count). The van der Waals surface area contributed by atoms with Crippen molar-refractivity contribution < 1.29 is 30.9 Å². The van der Waals surface area contributed by atoms with E-state index in [0.29, 0.717) is 22.7 Å². The van der Waals surface area contributed by atoms with Gasteiger partial charge in [0.15, 0.2) is 0 Å². The van der Waals surface area contributed by atoms with Gasteiger partial charge in [-0.2, -0.15) is 26.3 Å². The lowest BCUT2D eigenvalue weighted by molar-refractivity contribution is -0.143. The standard InChI is InChI=1S/C22H17F6OP/c23-21(24,25)17-13-16(14-18(15-17)22(26,27)28)11-12-30(29,19-7-3-1-4-8-19)20-9-5-2-6-10-20/h1-10,13-15H,11-12H2. The van der Waals surface area contributed by atoms with E-state index in [1.165, 1.54) is 0 Å². The molecule has 0 aliphatic heterocycles. The predicted octanol–water partition coefficient (Wildman–Crippen LogP) is 6.28. The van der Waals surface area contributed by atoms with Gasteiger partial charge in [-0.1, -0.05) is 60.7 Å². The maximum absolute atomic E-state index is 13.9. The Kier molecular flexibility index (Phi) is 6.14. The lowest BCUT2D eigenvalue weighted by Crippen LogP contribution is -2.19. The molecule has 1 nitrogen and oxygen atoms in total. The number of hydrogen-bond donors (Lipinski definition) is 0. The summed E-state index contributed by atoms with van der Waals surface area (Å²) < 4.78 is 92.6. The van der Waals surface area contributed by atoms with E-state index < -0.39 is 30.6 Å². The van der Waals surface area contributed by atoms with E-state index >= 15 is 0 Å². The molecule has 8 heteroatoms. The van der Waals surface area contributed by atoms with Crippen LogP contribution in [-0.4, -0.2) is 6.16 Å². The largest absolute Gasteiger partial charge is 0.416 e. The van der Waals surface area contributed by atoms with Crippen molar-refractivity contribution in [3.8, 4) is 0 Å². The molecule has 30 heavy (non-hydrogen) atoms. The van der Waals surface area contributed by atoms with Crippen molar-refractivity contribution in [2.24, 2.45) is 0 Å². The smallest absolute Gasteiger partial charge is 0.314 e. The van der Waals surface area contributed by atoms with Crippen molar-refractivity contribution in [2.45, 2.75) is 18.8 Å². The average molecular weight is 442 g/mol. The Morgan fingerprint density at radius 2 is 1.03 bits per heavy atom. The molecule has 0 spiro atoms. The van der Waals surface area contributed by atoms with Crippen LogP contribution in [0.15, 0.2) is 78.9 Å². The molecule has 0 atom stereocenters. The number of hydrogen-bond acceptors (Lipinski definition) is 1. The van der Waals surface area contributed by atoms with Gasteiger partial charge in [0.1, 0.15) is 7.14 Å². The van der Waals surface area contributed by atoms with Crippen molar-refractivity contribution in [1.82, 2.24) is 0 Å². The van der Waals surface area contributed by atoms with Crippen LogP contribution in [0.25, 0.3) is 0 Å². The highest BCUT2D eigenvalue weighted by Crippen LogP contribution is 2.44. The summed E-state index contributed by atoms with van der Waals surface area (Å²) in [6, 6.07) is 18.3. The Labute approximate surface area is 169 Å². The third kappa shape index (κ3) is 4.96. The summed E-state index contributed by atoms with van der Waals surface area (Å²) in [6.07, 6.45) is -10.1. The summed E-state index contributed by atoms with van der Waals surface area (Å²) in [5.74, 6) is 0. The predicted molar refractivity (Wildman–Crippen MR) is 105 cm³/mol. The fraction of sp³-hybridized carbons (Fsp3) is 0.182. The van der Waals surface area contributed by atoms with E-state index in [-0.39, 0.29) is 24.2 Å². The molecule has 158 valence electrons. The van der Waals surface area contributed by atoms with Gasteiger partial charge >= 0.3 is 12.4 Å². The Morgan fingerprint density at radius 3 is 1.40 bits per heavy atom. The first-order valence-electron chi connectivity index (χ1n) is 8.99. The summed E-state index contributed by atoms with van der Waals surface area (Å²) in [7, 11) is -3.26. The zero-order chi connectivity index (χ0) is 22.0. The second-order valence-electron chi connectivity index (χ2n) is 6.80. The van der Waals surface area contributed by atoms with E-state index in [9.17, 15) is 30.9 Å². The molecule has 0 amide bonds. The van der Waals surface area contributed by atoms with Gasteiger partial charge < -0.3 is 4.57 Å². The van der Waals surface area contributed by atoms with Crippen molar-refractivity contribution in [3.05, 3.63) is 95.6 Å². The molecular formula is C22H17F6OP. The van der Waals surface area contributed by atoms with E-state index in [1.807, 2.05) is 0 Å². The molecule has 0 aliphatic carbocycles. The van der Waals surface area contributed by atoms with E-state index in [4.69, 9.17) is 0 Å². The maximum atomic E-state index is 13.9. The van der Waals surface area contributed by atoms with Crippen LogP contribution in [0.1, 0.15) is 16.7 Å². The van der Waals surface area contributed by atoms with Crippen molar-refractivity contribution in [3.63, 3.8) is 0 Å². The number of benzene rings is 3. The van der Waals surface area contributed by atoms with Gasteiger partial charge in [-0.05, 0) is 30.2 Å². The molecule has 0 bridgehead atoms. The quantitative estimate of drug-likeness (QED) is 0.336. The Hall–Kier alpha value is -2.53. The minimum atomic E-state index is -4.92. The molecule has 0 radical (unpaired) electrons. The monoisotopic (exact) mass is 442 g/mol. The number of halogens is 6. The van der Waals surface area contributed by atoms with E-state index in [0.717, 1.165) is 0 Å². The molecule has 0 N–H and O–H groups in total. The first kappa shape index (κ1) is 22.2. The highest BCUT2D eigenvalue weighted by atomic mass is 31.2. The first-order chi connectivity index (χ1) is 14.0. The number of rotatable bonds is 5. The number of alkyl halides is 6. The summed E-state index contributed by atoms with van der Waals surface area (Å²) in [5.41, 5.74) is -2.91. The van der Waals surface area contributed by atoms with Gasteiger partial charge in [0.05, 0.1) is 11.1 Å². The molecule has 0 aliphatic rings. The number of aryl methyl sites for hydroxylation is 1. The summed E-state index contributed by atoms with van der Waals surface area (Å²) in [4.78, 5) is 0. The van der Waals surface area contributed by atoms with Crippen LogP contribution in [0.5, 0.6) is 0 Å². The van der Waals surface area contributed by atoms with Gasteiger partial charge in [-0.15, -0.1) is 0 Å². The lowest BCUT2D eigenvalue weighted by atomic mass is 10.0. The van der Waals surface area contributed by atoms with Crippen LogP contribution >= 0.6 is 7.14 Å². The first-order valence-corrected chi connectivity index (χ1v) is 10.9. The highest BCUT2D eigenvalue weighted by Gasteiger charge is 2.37. The normalized spacial score (nSPS) is 12.7. The molecule has 0 aromatic heterocycles. The van der Waals surface area contributed by atoms with Crippen LogP contribution in [0, 0.1) is 0 Å². The summed E-state index contributed by atoms with van der Waals surface area (Å²) in [6.45, 7) is 0. The van der Waals surface area contributed by atoms with Crippen LogP contribution in [0.2, 0.25) is 0 Å². The maximum Gasteiger partial charge on any atom is 0.416 e. The molecule has 0 unspecified atom stereocenters. The minimum Gasteiger partial charge on any atom is -0.314 e. The summed E-state index contributed by atoms with van der Waals surface area (Å²) >= 11 is 0. The van der Waals surface area contributed by atoms with Gasteiger partial charge in [-0.25, -0.2) is 0 Å². The van der Waals surface area contributed by atoms with Gasteiger partial charge in [0.25, 0.3) is 0 Å². The topological polar surface area (TPSA) is 17.1 Å². The Bertz CT molecular complexity index is 967. The molecule has 0 heterocycles. The SMILES string of the molecule is O=P(CCc1cc(C(F)(F)F)cc(C(F)(F)F)c1)(c1ccccc1)c1ccccc1. The molecule has 0 fully saturated rings. The third-order valence-corrected chi connectivity index (χ3v) is 7.83. The van der Waals surface area contributed by atoms with Crippen molar-refractivity contribution >= 4 is 17.8 Å². The fourth-order valence-corrected chi connectivity index (χ4v) is 5.89. The van der Waals surface area contributed by atoms with Crippen LogP contribution < -0.4 is 10.6 Å². The van der Waals surface area contributed by atoms with Crippen LogP contribution in [0.3, 0.4) is 0 Å². The third-order valence-electron chi connectivity index (χ3n) is 4.71. The Morgan fingerprint density at radius 1 is 0.633 bits per heavy atom. The lowest BCUT2D eigenvalue weighted by Gasteiger charge is -2.20. The van der Waals surface area contributed by atoms with Crippen LogP contribution in [-0.2, 0) is 23.3 Å². The zero-order valence-corrected chi connectivity index (χ0v) is 16.4. The van der Waals surface area contributed by atoms with E-state index in [1.54, 1.807) is 60.7 Å². The molecular weight excluding hydrogens is 425 g/mol. The minimum absolute atomic E-state index is 0.0947. The van der Waals surface area contributed by atoms with Crippen molar-refractivity contribution in [1.29, 1.82) is 0 Å². The molecule has 3 aromatic carbocycles. The second-order valence-corrected chi connectivity index (χ2v) is 9.76. The zero-order valence-electron chi connectivity index (χ0n) is 15.5. The Balaban J connectivity index is 2.01. The van der Waals surface area contributed by atoms with Crippen molar-refractivity contribution in [2.75, 3.05) is 6.16 Å². The van der Waals surface area contributed by atoms with Crippen LogP contribution in [0.4, 0.5) is 26.3 Å². The van der Waals surface area contributed by atoms with E-state index in [2.05, 4.69) is 0 Å². The fourth-order valence-electron chi connectivity index (χ4n) is 3.20.